The molecule has 0 aromatic heterocycles. The zero-order chi connectivity index (χ0) is 21.2. The molecule has 0 aromatic rings. The molecule has 0 unspecified atom stereocenters. The highest BCUT2D eigenvalue weighted by atomic mass is 28.4. The van der Waals surface area contributed by atoms with E-state index in [0.717, 1.165) is 17.8 Å². The van der Waals surface area contributed by atoms with E-state index < -0.39 is 16.6 Å². The van der Waals surface area contributed by atoms with Crippen LogP contribution in [0.5, 0.6) is 0 Å². The van der Waals surface area contributed by atoms with Gasteiger partial charge in [-0.15, -0.1) is 0 Å². The molecule has 0 radical (unpaired) electrons. The van der Waals surface area contributed by atoms with E-state index in [1.165, 1.54) is 50.7 Å². The summed E-state index contributed by atoms with van der Waals surface area (Å²) in [4.78, 5) is 0. The van der Waals surface area contributed by atoms with Crippen LogP contribution in [0.3, 0.4) is 0 Å². The zero-order valence-electron chi connectivity index (χ0n) is 20.2. The summed E-state index contributed by atoms with van der Waals surface area (Å²) in [6, 6.07) is 0. The fraction of sp³-hybridized carbons (Fsp3) is 0.840. The first-order valence-electron chi connectivity index (χ1n) is 12.1. The van der Waals surface area contributed by atoms with Crippen molar-refractivity contribution in [2.75, 3.05) is 0 Å². The predicted octanol–water partition coefficient (Wildman–Crippen LogP) is 7.51. The molecule has 0 amide bonds. The first kappa shape index (κ1) is 21.9. The Morgan fingerprint density at radius 3 is 2.28 bits per heavy atom. The standard InChI is InChI=1S/C25H44O2Si2/c1-24-15-13-19(26-28(3,4)5)17-18(24)9-10-20-21-11-12-23(27-29(6,7)8)25(21,2)16-14-22(20)24/h13,17,20-23H,9-12,14-16H2,1-8H3/t20-,21-,22-,23+,24-,25-/m0/s1. The number of rotatable bonds is 4. The summed E-state index contributed by atoms with van der Waals surface area (Å²) >= 11 is 0. The summed E-state index contributed by atoms with van der Waals surface area (Å²) in [5.74, 6) is 3.76. The van der Waals surface area contributed by atoms with Crippen LogP contribution in [0.15, 0.2) is 23.5 Å². The van der Waals surface area contributed by atoms with Crippen LogP contribution in [0.2, 0.25) is 39.3 Å². The SMILES string of the molecule is C[C@]12CC[C@H]3[C@@H](CCC4=CC(O[Si](C)(C)C)=CC[C@@]43C)[C@@H]1CC[C@H]2O[Si](C)(C)C. The highest BCUT2D eigenvalue weighted by Crippen LogP contribution is 2.65. The van der Waals surface area contributed by atoms with Crippen molar-refractivity contribution in [1.29, 1.82) is 0 Å². The third-order valence-electron chi connectivity index (χ3n) is 8.61. The highest BCUT2D eigenvalue weighted by molar-refractivity contribution is 6.70. The van der Waals surface area contributed by atoms with Gasteiger partial charge in [-0.25, -0.2) is 0 Å². The Morgan fingerprint density at radius 2 is 1.62 bits per heavy atom. The number of hydrogen-bond acceptors (Lipinski definition) is 2. The number of allylic oxidation sites excluding steroid dienone is 3. The zero-order valence-corrected chi connectivity index (χ0v) is 22.2. The van der Waals surface area contributed by atoms with Gasteiger partial charge in [0.05, 0.1) is 11.9 Å². The van der Waals surface area contributed by atoms with Gasteiger partial charge in [0.2, 0.25) is 8.32 Å². The van der Waals surface area contributed by atoms with Crippen molar-refractivity contribution in [3.8, 4) is 0 Å². The summed E-state index contributed by atoms with van der Waals surface area (Å²) < 4.78 is 13.1. The Kier molecular flexibility index (Phi) is 5.36. The number of hydrogen-bond donors (Lipinski definition) is 0. The van der Waals surface area contributed by atoms with Crippen LogP contribution in [-0.4, -0.2) is 22.7 Å². The van der Waals surface area contributed by atoms with Crippen molar-refractivity contribution >= 4 is 16.6 Å². The molecular formula is C25H44O2Si2. The second-order valence-electron chi connectivity index (χ2n) is 12.9. The maximum atomic E-state index is 6.75. The van der Waals surface area contributed by atoms with E-state index >= 15 is 0 Å². The molecule has 0 aromatic carbocycles. The van der Waals surface area contributed by atoms with Gasteiger partial charge in [-0.3, -0.25) is 0 Å². The lowest BCUT2D eigenvalue weighted by atomic mass is 9.48. The van der Waals surface area contributed by atoms with Gasteiger partial charge in [-0.05, 0) is 125 Å². The maximum Gasteiger partial charge on any atom is 0.242 e. The fourth-order valence-electron chi connectivity index (χ4n) is 7.39. The molecule has 4 heteroatoms. The van der Waals surface area contributed by atoms with Crippen LogP contribution in [-0.2, 0) is 8.85 Å². The van der Waals surface area contributed by atoms with Gasteiger partial charge in [0.15, 0.2) is 8.32 Å². The van der Waals surface area contributed by atoms with Crippen molar-refractivity contribution in [1.82, 2.24) is 0 Å². The van der Waals surface area contributed by atoms with E-state index in [2.05, 4.69) is 65.3 Å². The Morgan fingerprint density at radius 1 is 0.897 bits per heavy atom. The Hall–Kier alpha value is -0.326. The molecular weight excluding hydrogens is 388 g/mol. The molecule has 4 aliphatic carbocycles. The molecule has 0 aliphatic heterocycles. The molecule has 3 fully saturated rings. The van der Waals surface area contributed by atoms with Crippen LogP contribution in [0.4, 0.5) is 0 Å². The molecule has 4 rings (SSSR count). The van der Waals surface area contributed by atoms with Crippen LogP contribution < -0.4 is 0 Å². The smallest absolute Gasteiger partial charge is 0.242 e. The van der Waals surface area contributed by atoms with Crippen LogP contribution in [0.1, 0.15) is 58.8 Å². The molecule has 6 atom stereocenters. The second kappa shape index (κ2) is 7.10. The van der Waals surface area contributed by atoms with Gasteiger partial charge in [0.1, 0.15) is 0 Å². The molecule has 0 N–H and O–H groups in total. The third-order valence-corrected chi connectivity index (χ3v) is 10.5. The molecule has 0 spiro atoms. The summed E-state index contributed by atoms with van der Waals surface area (Å²) in [6.07, 6.45) is 14.6. The average Bonchev–Trinajstić information content (AvgIpc) is 2.89. The van der Waals surface area contributed by atoms with E-state index in [1.54, 1.807) is 5.57 Å². The Labute approximate surface area is 181 Å². The maximum absolute atomic E-state index is 6.75. The van der Waals surface area contributed by atoms with E-state index in [9.17, 15) is 0 Å². The lowest BCUT2D eigenvalue weighted by molar-refractivity contribution is -0.0656. The van der Waals surface area contributed by atoms with Crippen molar-refractivity contribution in [3.63, 3.8) is 0 Å². The second-order valence-corrected chi connectivity index (χ2v) is 21.8. The summed E-state index contributed by atoms with van der Waals surface area (Å²) in [7, 11) is -3.03. The van der Waals surface area contributed by atoms with E-state index in [1.807, 2.05) is 0 Å². The highest BCUT2D eigenvalue weighted by Gasteiger charge is 2.59. The van der Waals surface area contributed by atoms with Gasteiger partial charge in [0.25, 0.3) is 0 Å². The van der Waals surface area contributed by atoms with Gasteiger partial charge >= 0.3 is 0 Å². The van der Waals surface area contributed by atoms with Crippen molar-refractivity contribution in [3.05, 3.63) is 23.5 Å². The van der Waals surface area contributed by atoms with Gasteiger partial charge in [0, 0.05) is 0 Å². The van der Waals surface area contributed by atoms with E-state index in [-0.39, 0.29) is 0 Å². The first-order valence-corrected chi connectivity index (χ1v) is 18.9. The molecule has 0 saturated heterocycles. The van der Waals surface area contributed by atoms with Crippen LogP contribution >= 0.6 is 0 Å². The normalized spacial score (nSPS) is 42.3. The predicted molar refractivity (Wildman–Crippen MR) is 128 cm³/mol. The molecule has 29 heavy (non-hydrogen) atoms. The van der Waals surface area contributed by atoms with Gasteiger partial charge < -0.3 is 8.85 Å². The summed E-state index contributed by atoms with van der Waals surface area (Å²) in [5, 5.41) is 0. The van der Waals surface area contributed by atoms with Crippen molar-refractivity contribution in [2.45, 2.75) is 104 Å². The van der Waals surface area contributed by atoms with Crippen LogP contribution in [0, 0.1) is 28.6 Å². The van der Waals surface area contributed by atoms with E-state index in [4.69, 9.17) is 8.85 Å². The lowest BCUT2D eigenvalue weighted by Crippen LogP contribution is -2.52. The molecule has 4 aliphatic rings. The van der Waals surface area contributed by atoms with Gasteiger partial charge in [-0.1, -0.05) is 19.4 Å². The molecule has 0 heterocycles. The Bertz CT molecular complexity index is 713. The molecule has 3 saturated carbocycles. The summed E-state index contributed by atoms with van der Waals surface area (Å²) in [6.45, 7) is 19.1. The third kappa shape index (κ3) is 3.98. The monoisotopic (exact) mass is 432 g/mol. The fourth-order valence-corrected chi connectivity index (χ4v) is 9.48. The first-order chi connectivity index (χ1) is 13.3. The van der Waals surface area contributed by atoms with Crippen molar-refractivity contribution < 1.29 is 8.85 Å². The minimum absolute atomic E-state index is 0.355. The number of fused-ring (bicyclic) bond motifs is 5. The summed E-state index contributed by atoms with van der Waals surface area (Å²) in [5.41, 5.74) is 2.45. The minimum atomic E-state index is -1.54. The van der Waals surface area contributed by atoms with Crippen LogP contribution in [0.25, 0.3) is 0 Å². The molecule has 0 bridgehead atoms. The topological polar surface area (TPSA) is 18.5 Å². The largest absolute Gasteiger partial charge is 0.545 e. The lowest BCUT2D eigenvalue weighted by Gasteiger charge is -2.58. The Balaban J connectivity index is 1.54. The average molecular weight is 433 g/mol. The van der Waals surface area contributed by atoms with Crippen molar-refractivity contribution in [2.24, 2.45) is 28.6 Å². The minimum Gasteiger partial charge on any atom is -0.545 e. The molecule has 2 nitrogen and oxygen atoms in total. The quantitative estimate of drug-likeness (QED) is 0.428. The van der Waals surface area contributed by atoms with Gasteiger partial charge in [-0.2, -0.15) is 0 Å². The molecule has 164 valence electrons. The van der Waals surface area contributed by atoms with E-state index in [0.29, 0.717) is 16.9 Å².